The highest BCUT2D eigenvalue weighted by Gasteiger charge is 2.09. The molecule has 0 aromatic carbocycles. The molecule has 0 fully saturated rings. The van der Waals surface area contributed by atoms with Gasteiger partial charge in [-0.2, -0.15) is 10.2 Å². The first-order valence-corrected chi connectivity index (χ1v) is 6.05. The topological polar surface area (TPSA) is 102 Å². The molecular weight excluding hydrogens is 262 g/mol. The number of aryl methyl sites for hydroxylation is 2. The van der Waals surface area contributed by atoms with Gasteiger partial charge in [-0.25, -0.2) is 0 Å². The Bertz CT molecular complexity index is 616. The van der Waals surface area contributed by atoms with E-state index >= 15 is 0 Å². The number of aromatic nitrogens is 4. The molecule has 0 bridgehead atoms. The van der Waals surface area contributed by atoms with Crippen LogP contribution in [-0.4, -0.2) is 36.5 Å². The van der Waals surface area contributed by atoms with Crippen molar-refractivity contribution >= 4 is 11.9 Å². The minimum atomic E-state index is -0.901. The molecular formula is C12H15N5O3. The first kappa shape index (κ1) is 13.8. The van der Waals surface area contributed by atoms with Gasteiger partial charge >= 0.3 is 5.97 Å². The van der Waals surface area contributed by atoms with Crippen molar-refractivity contribution in [2.75, 3.05) is 0 Å². The molecule has 2 aromatic rings. The van der Waals surface area contributed by atoms with E-state index in [1.165, 1.54) is 17.1 Å². The van der Waals surface area contributed by atoms with Crippen molar-refractivity contribution in [3.63, 3.8) is 0 Å². The van der Waals surface area contributed by atoms with Gasteiger partial charge in [0.1, 0.15) is 0 Å². The van der Waals surface area contributed by atoms with Crippen molar-refractivity contribution in [2.24, 2.45) is 7.05 Å². The molecule has 0 saturated carbocycles. The summed E-state index contributed by atoms with van der Waals surface area (Å²) >= 11 is 0. The quantitative estimate of drug-likeness (QED) is 0.775. The summed E-state index contributed by atoms with van der Waals surface area (Å²) in [5.74, 6) is -1.17. The van der Waals surface area contributed by atoms with Gasteiger partial charge in [0.05, 0.1) is 37.0 Å². The Morgan fingerprint density at radius 3 is 2.90 bits per heavy atom. The highest BCUT2D eigenvalue weighted by molar-refractivity contribution is 5.93. The van der Waals surface area contributed by atoms with Crippen LogP contribution >= 0.6 is 0 Å². The fourth-order valence-corrected chi connectivity index (χ4v) is 1.64. The zero-order valence-electron chi connectivity index (χ0n) is 11.0. The van der Waals surface area contributed by atoms with Crippen LogP contribution in [0.4, 0.5) is 0 Å². The lowest BCUT2D eigenvalue weighted by Gasteiger charge is -2.00. The van der Waals surface area contributed by atoms with Gasteiger partial charge in [0, 0.05) is 19.4 Å². The van der Waals surface area contributed by atoms with Gasteiger partial charge in [-0.15, -0.1) is 0 Å². The van der Waals surface area contributed by atoms with Crippen molar-refractivity contribution < 1.29 is 14.7 Å². The maximum Gasteiger partial charge on any atom is 0.305 e. The van der Waals surface area contributed by atoms with Crippen molar-refractivity contribution in [2.45, 2.75) is 19.5 Å². The van der Waals surface area contributed by atoms with E-state index in [0.717, 1.165) is 5.69 Å². The molecule has 0 radical (unpaired) electrons. The van der Waals surface area contributed by atoms with Gasteiger partial charge in [-0.3, -0.25) is 19.0 Å². The van der Waals surface area contributed by atoms with Crippen LogP contribution in [0.5, 0.6) is 0 Å². The van der Waals surface area contributed by atoms with E-state index in [4.69, 9.17) is 5.11 Å². The highest BCUT2D eigenvalue weighted by Crippen LogP contribution is 2.00. The Labute approximate surface area is 115 Å². The van der Waals surface area contributed by atoms with E-state index in [0.29, 0.717) is 12.1 Å². The molecule has 0 unspecified atom stereocenters. The smallest absolute Gasteiger partial charge is 0.305 e. The van der Waals surface area contributed by atoms with Crippen LogP contribution in [0, 0.1) is 0 Å². The van der Waals surface area contributed by atoms with E-state index in [-0.39, 0.29) is 18.9 Å². The normalized spacial score (nSPS) is 10.4. The Kier molecular flexibility index (Phi) is 4.14. The third kappa shape index (κ3) is 3.67. The van der Waals surface area contributed by atoms with Crippen molar-refractivity contribution in [1.82, 2.24) is 24.9 Å². The lowest BCUT2D eigenvalue weighted by atomic mass is 10.3. The third-order valence-corrected chi connectivity index (χ3v) is 2.65. The van der Waals surface area contributed by atoms with Gasteiger partial charge in [0.15, 0.2) is 0 Å². The second kappa shape index (κ2) is 6.00. The van der Waals surface area contributed by atoms with Gasteiger partial charge in [-0.05, 0) is 6.07 Å². The maximum absolute atomic E-state index is 11.9. The van der Waals surface area contributed by atoms with Crippen LogP contribution in [0.15, 0.2) is 24.7 Å². The molecule has 8 heteroatoms. The molecule has 0 spiro atoms. The van der Waals surface area contributed by atoms with E-state index in [1.54, 1.807) is 17.9 Å². The minimum absolute atomic E-state index is 0.0311. The van der Waals surface area contributed by atoms with Crippen molar-refractivity contribution in [3.05, 3.63) is 35.9 Å². The molecule has 0 saturated heterocycles. The standard InChI is InChI=1S/C12H15N5O3/c1-16-4-2-10(15-16)7-13-12(20)9-6-14-17(8-9)5-3-11(18)19/h2,4,6,8H,3,5,7H2,1H3,(H,13,20)(H,18,19). The number of aliphatic carboxylic acids is 1. The van der Waals surface area contributed by atoms with Crippen LogP contribution in [0.2, 0.25) is 0 Å². The van der Waals surface area contributed by atoms with E-state index < -0.39 is 5.97 Å². The molecule has 2 aromatic heterocycles. The highest BCUT2D eigenvalue weighted by atomic mass is 16.4. The van der Waals surface area contributed by atoms with Gasteiger partial charge < -0.3 is 10.4 Å². The minimum Gasteiger partial charge on any atom is -0.481 e. The summed E-state index contributed by atoms with van der Waals surface area (Å²) in [6.07, 6.45) is 4.70. The van der Waals surface area contributed by atoms with Gasteiger partial charge in [-0.1, -0.05) is 0 Å². The fraction of sp³-hybridized carbons (Fsp3) is 0.333. The number of nitrogens with one attached hydrogen (secondary N) is 1. The average Bonchev–Trinajstić information content (AvgIpc) is 3.02. The number of carbonyl (C=O) groups is 2. The molecule has 0 aliphatic heterocycles. The number of hydrogen-bond donors (Lipinski definition) is 2. The summed E-state index contributed by atoms with van der Waals surface area (Å²) in [5.41, 5.74) is 1.16. The molecule has 20 heavy (non-hydrogen) atoms. The second-order valence-corrected chi connectivity index (χ2v) is 4.30. The zero-order chi connectivity index (χ0) is 14.5. The van der Waals surface area contributed by atoms with Gasteiger partial charge in [0.25, 0.3) is 5.91 Å². The summed E-state index contributed by atoms with van der Waals surface area (Å²) in [6, 6.07) is 1.82. The monoisotopic (exact) mass is 277 g/mol. The molecule has 1 amide bonds. The van der Waals surface area contributed by atoms with Crippen molar-refractivity contribution in [3.8, 4) is 0 Å². The molecule has 0 aliphatic carbocycles. The molecule has 2 heterocycles. The second-order valence-electron chi connectivity index (χ2n) is 4.30. The van der Waals surface area contributed by atoms with Gasteiger partial charge in [0.2, 0.25) is 0 Å². The Morgan fingerprint density at radius 2 is 2.25 bits per heavy atom. The Balaban J connectivity index is 1.87. The number of nitrogens with zero attached hydrogens (tertiary/aromatic N) is 4. The SMILES string of the molecule is Cn1ccc(CNC(=O)c2cnn(CCC(=O)O)c2)n1. The van der Waals surface area contributed by atoms with Crippen LogP contribution < -0.4 is 5.32 Å². The Morgan fingerprint density at radius 1 is 1.45 bits per heavy atom. The zero-order valence-corrected chi connectivity index (χ0v) is 11.0. The largest absolute Gasteiger partial charge is 0.481 e. The molecule has 0 atom stereocenters. The Hall–Kier alpha value is -2.64. The number of hydrogen-bond acceptors (Lipinski definition) is 4. The lowest BCUT2D eigenvalue weighted by molar-refractivity contribution is -0.137. The molecule has 8 nitrogen and oxygen atoms in total. The number of carboxylic acids is 1. The first-order valence-electron chi connectivity index (χ1n) is 6.05. The van der Waals surface area contributed by atoms with Crippen LogP contribution in [0.3, 0.4) is 0 Å². The summed E-state index contributed by atoms with van der Waals surface area (Å²) in [4.78, 5) is 22.3. The maximum atomic E-state index is 11.9. The summed E-state index contributed by atoms with van der Waals surface area (Å²) in [7, 11) is 1.80. The van der Waals surface area contributed by atoms with E-state index in [1.807, 2.05) is 6.07 Å². The fourth-order valence-electron chi connectivity index (χ4n) is 1.64. The predicted molar refractivity (Wildman–Crippen MR) is 68.9 cm³/mol. The van der Waals surface area contributed by atoms with Crippen LogP contribution in [0.1, 0.15) is 22.5 Å². The molecule has 2 N–H and O–H groups in total. The summed E-state index contributed by atoms with van der Waals surface area (Å²) in [6.45, 7) is 0.572. The molecule has 0 aliphatic rings. The van der Waals surface area contributed by atoms with Crippen LogP contribution in [-0.2, 0) is 24.9 Å². The van der Waals surface area contributed by atoms with E-state index in [2.05, 4.69) is 15.5 Å². The summed E-state index contributed by atoms with van der Waals surface area (Å²) in [5, 5.41) is 19.4. The van der Waals surface area contributed by atoms with E-state index in [9.17, 15) is 9.59 Å². The lowest BCUT2D eigenvalue weighted by Crippen LogP contribution is -2.22. The third-order valence-electron chi connectivity index (χ3n) is 2.65. The molecule has 106 valence electrons. The predicted octanol–water partition coefficient (Wildman–Crippen LogP) is 0.0213. The van der Waals surface area contributed by atoms with Crippen LogP contribution in [0.25, 0.3) is 0 Å². The number of rotatable bonds is 6. The number of carboxylic acid groups (broad SMARTS) is 1. The summed E-state index contributed by atoms with van der Waals surface area (Å²) < 4.78 is 3.09. The van der Waals surface area contributed by atoms with Crippen molar-refractivity contribution in [1.29, 1.82) is 0 Å². The first-order chi connectivity index (χ1) is 9.54. The number of amides is 1. The molecule has 2 rings (SSSR count). The number of carbonyl (C=O) groups excluding carboxylic acids is 1. The average molecular weight is 277 g/mol.